The molecule has 0 bridgehead atoms. The highest BCUT2D eigenvalue weighted by Gasteiger charge is 2.22. The molecule has 0 saturated carbocycles. The van der Waals surface area contributed by atoms with E-state index in [4.69, 9.17) is 4.74 Å². The van der Waals surface area contributed by atoms with E-state index in [0.29, 0.717) is 33.0 Å². The molecule has 25 heavy (non-hydrogen) atoms. The first-order valence-electron chi connectivity index (χ1n) is 8.49. The second kappa shape index (κ2) is 7.23. The van der Waals surface area contributed by atoms with Gasteiger partial charge in [0, 0.05) is 26.2 Å². The number of piperazine rings is 1. The SMILES string of the molecule is Cc1c(C(=O)OC(C)C)sc2nc(CN3CCN(C)CC3)[nH]c(=O)c12. The number of aromatic amines is 1. The van der Waals surface area contributed by atoms with Crippen molar-refractivity contribution in [1.29, 1.82) is 0 Å². The van der Waals surface area contributed by atoms with Gasteiger partial charge in [0.05, 0.1) is 18.0 Å². The van der Waals surface area contributed by atoms with Crippen LogP contribution in [0, 0.1) is 6.92 Å². The first-order valence-corrected chi connectivity index (χ1v) is 9.31. The Kier molecular flexibility index (Phi) is 5.21. The number of nitrogens with zero attached hydrogens (tertiary/aromatic N) is 3. The van der Waals surface area contributed by atoms with Crippen molar-refractivity contribution in [2.75, 3.05) is 33.2 Å². The number of aromatic nitrogens is 2. The Hall–Kier alpha value is -1.77. The van der Waals surface area contributed by atoms with Crippen LogP contribution in [0.25, 0.3) is 10.2 Å². The largest absolute Gasteiger partial charge is 0.459 e. The van der Waals surface area contributed by atoms with E-state index in [1.54, 1.807) is 20.8 Å². The fraction of sp³-hybridized carbons (Fsp3) is 0.588. The minimum absolute atomic E-state index is 0.188. The van der Waals surface area contributed by atoms with Gasteiger partial charge in [-0.25, -0.2) is 9.78 Å². The lowest BCUT2D eigenvalue weighted by Gasteiger charge is -2.31. The van der Waals surface area contributed by atoms with E-state index >= 15 is 0 Å². The summed E-state index contributed by atoms with van der Waals surface area (Å²) in [6, 6.07) is 0. The predicted molar refractivity (Wildman–Crippen MR) is 98.3 cm³/mol. The first kappa shape index (κ1) is 18.0. The molecule has 1 fully saturated rings. The zero-order valence-corrected chi connectivity index (χ0v) is 15.9. The molecule has 0 radical (unpaired) electrons. The molecule has 2 aromatic rings. The quantitative estimate of drug-likeness (QED) is 0.831. The predicted octanol–water partition coefficient (Wildman–Crippen LogP) is 1.61. The van der Waals surface area contributed by atoms with Gasteiger partial charge in [-0.3, -0.25) is 9.69 Å². The molecule has 3 heterocycles. The second-order valence-electron chi connectivity index (χ2n) is 6.78. The van der Waals surface area contributed by atoms with E-state index in [1.807, 2.05) is 0 Å². The molecule has 136 valence electrons. The van der Waals surface area contributed by atoms with Crippen LogP contribution >= 0.6 is 11.3 Å². The standard InChI is InChI=1S/C17H24N4O3S/c1-10(2)24-17(23)14-11(3)13-15(22)18-12(19-16(13)25-14)9-21-7-5-20(4)6-8-21/h10H,5-9H2,1-4H3,(H,18,19,22). The van der Waals surface area contributed by atoms with E-state index in [-0.39, 0.29) is 11.7 Å². The average molecular weight is 364 g/mol. The van der Waals surface area contributed by atoms with Crippen LogP contribution in [0.15, 0.2) is 4.79 Å². The first-order chi connectivity index (χ1) is 11.8. The number of thiophene rings is 1. The number of carbonyl (C=O) groups excluding carboxylic acids is 1. The van der Waals surface area contributed by atoms with E-state index < -0.39 is 5.97 Å². The number of H-pyrrole nitrogens is 1. The molecular weight excluding hydrogens is 340 g/mol. The third-order valence-electron chi connectivity index (χ3n) is 4.35. The summed E-state index contributed by atoms with van der Waals surface area (Å²) in [4.78, 5) is 37.8. The highest BCUT2D eigenvalue weighted by Crippen LogP contribution is 2.28. The number of nitrogens with one attached hydrogen (secondary N) is 1. The maximum atomic E-state index is 12.5. The number of fused-ring (bicyclic) bond motifs is 1. The van der Waals surface area contributed by atoms with Crippen molar-refractivity contribution < 1.29 is 9.53 Å². The molecule has 1 N–H and O–H groups in total. The van der Waals surface area contributed by atoms with Crippen molar-refractivity contribution in [2.24, 2.45) is 0 Å². The molecule has 1 aliphatic rings. The van der Waals surface area contributed by atoms with Gasteiger partial charge in [-0.1, -0.05) is 0 Å². The average Bonchev–Trinajstić information content (AvgIpc) is 2.86. The molecule has 0 amide bonds. The van der Waals surface area contributed by atoms with E-state index in [2.05, 4.69) is 26.8 Å². The molecule has 0 unspecified atom stereocenters. The molecule has 1 aliphatic heterocycles. The van der Waals surface area contributed by atoms with Crippen molar-refractivity contribution in [3.63, 3.8) is 0 Å². The summed E-state index contributed by atoms with van der Waals surface area (Å²) in [5.74, 6) is 0.252. The van der Waals surface area contributed by atoms with Gasteiger partial charge in [-0.2, -0.15) is 0 Å². The third kappa shape index (κ3) is 3.91. The Bertz CT molecular complexity index is 834. The topological polar surface area (TPSA) is 78.5 Å². The van der Waals surface area contributed by atoms with Gasteiger partial charge in [0.2, 0.25) is 0 Å². The fourth-order valence-corrected chi connectivity index (χ4v) is 4.03. The lowest BCUT2D eigenvalue weighted by Crippen LogP contribution is -2.44. The Morgan fingerprint density at radius 1 is 1.32 bits per heavy atom. The van der Waals surface area contributed by atoms with Gasteiger partial charge < -0.3 is 14.6 Å². The molecule has 2 aromatic heterocycles. The summed E-state index contributed by atoms with van der Waals surface area (Å²) < 4.78 is 5.27. The van der Waals surface area contributed by atoms with Crippen LogP contribution in [0.3, 0.4) is 0 Å². The van der Waals surface area contributed by atoms with Crippen molar-refractivity contribution in [3.05, 3.63) is 26.6 Å². The Morgan fingerprint density at radius 2 is 2.00 bits per heavy atom. The summed E-state index contributed by atoms with van der Waals surface area (Å²) in [5, 5.41) is 0.489. The van der Waals surface area contributed by atoms with Crippen LogP contribution in [-0.4, -0.2) is 65.1 Å². The molecule has 0 aromatic carbocycles. The molecule has 0 atom stereocenters. The van der Waals surface area contributed by atoms with Crippen LogP contribution in [-0.2, 0) is 11.3 Å². The van der Waals surface area contributed by atoms with Gasteiger partial charge in [0.15, 0.2) is 0 Å². The third-order valence-corrected chi connectivity index (χ3v) is 5.51. The fourth-order valence-electron chi connectivity index (χ4n) is 2.94. The minimum Gasteiger partial charge on any atom is -0.459 e. The molecule has 8 heteroatoms. The van der Waals surface area contributed by atoms with Crippen molar-refractivity contribution in [2.45, 2.75) is 33.4 Å². The van der Waals surface area contributed by atoms with E-state index in [9.17, 15) is 9.59 Å². The Morgan fingerprint density at radius 3 is 2.64 bits per heavy atom. The number of aryl methyl sites for hydroxylation is 1. The van der Waals surface area contributed by atoms with Gasteiger partial charge >= 0.3 is 5.97 Å². The lowest BCUT2D eigenvalue weighted by atomic mass is 10.2. The maximum Gasteiger partial charge on any atom is 0.348 e. The van der Waals surface area contributed by atoms with Crippen molar-refractivity contribution in [3.8, 4) is 0 Å². The van der Waals surface area contributed by atoms with Crippen molar-refractivity contribution in [1.82, 2.24) is 19.8 Å². The summed E-state index contributed by atoms with van der Waals surface area (Å²) in [6.45, 7) is 9.92. The van der Waals surface area contributed by atoms with E-state index in [1.165, 1.54) is 11.3 Å². The van der Waals surface area contributed by atoms with Crippen LogP contribution in [0.4, 0.5) is 0 Å². The number of esters is 1. The Balaban J connectivity index is 1.88. The molecular formula is C17H24N4O3S. The maximum absolute atomic E-state index is 12.5. The zero-order chi connectivity index (χ0) is 18.1. The summed E-state index contributed by atoms with van der Waals surface area (Å²) >= 11 is 1.23. The summed E-state index contributed by atoms with van der Waals surface area (Å²) in [7, 11) is 2.11. The zero-order valence-electron chi connectivity index (χ0n) is 15.1. The molecule has 0 aliphatic carbocycles. The number of carbonyl (C=O) groups is 1. The van der Waals surface area contributed by atoms with Gasteiger partial charge in [0.1, 0.15) is 15.5 Å². The van der Waals surface area contributed by atoms with Crippen molar-refractivity contribution >= 4 is 27.5 Å². The normalized spacial score (nSPS) is 16.7. The molecule has 0 spiro atoms. The molecule has 1 saturated heterocycles. The number of likely N-dealkylation sites (N-methyl/N-ethyl adjacent to an activating group) is 1. The number of hydrogen-bond acceptors (Lipinski definition) is 7. The van der Waals surface area contributed by atoms with Crippen LogP contribution in [0.1, 0.15) is 34.9 Å². The molecule has 3 rings (SSSR count). The van der Waals surface area contributed by atoms with Crippen LogP contribution < -0.4 is 5.56 Å². The summed E-state index contributed by atoms with van der Waals surface area (Å²) in [6.07, 6.45) is -0.198. The smallest absolute Gasteiger partial charge is 0.348 e. The van der Waals surface area contributed by atoms with Gasteiger partial charge in [0.25, 0.3) is 5.56 Å². The van der Waals surface area contributed by atoms with Gasteiger partial charge in [-0.05, 0) is 33.4 Å². The number of hydrogen-bond donors (Lipinski definition) is 1. The Labute approximate surface area is 150 Å². The highest BCUT2D eigenvalue weighted by molar-refractivity contribution is 7.20. The van der Waals surface area contributed by atoms with E-state index in [0.717, 1.165) is 26.2 Å². The second-order valence-corrected chi connectivity index (χ2v) is 7.78. The van der Waals surface area contributed by atoms with Crippen LogP contribution in [0.2, 0.25) is 0 Å². The summed E-state index contributed by atoms with van der Waals surface area (Å²) in [5.41, 5.74) is 0.456. The lowest BCUT2D eigenvalue weighted by molar-refractivity contribution is 0.0383. The highest BCUT2D eigenvalue weighted by atomic mass is 32.1. The monoisotopic (exact) mass is 364 g/mol. The van der Waals surface area contributed by atoms with Gasteiger partial charge in [-0.15, -0.1) is 11.3 Å². The van der Waals surface area contributed by atoms with Crippen LogP contribution in [0.5, 0.6) is 0 Å². The molecule has 7 nitrogen and oxygen atoms in total. The minimum atomic E-state index is -0.393. The number of ether oxygens (including phenoxy) is 1. The number of rotatable bonds is 4.